The van der Waals surface area contributed by atoms with Gasteiger partial charge in [0.15, 0.2) is 0 Å². The van der Waals surface area contributed by atoms with Crippen LogP contribution < -0.4 is 5.32 Å². The van der Waals surface area contributed by atoms with Crippen molar-refractivity contribution in [3.63, 3.8) is 0 Å². The van der Waals surface area contributed by atoms with Gasteiger partial charge in [-0.1, -0.05) is 0 Å². The molecule has 9 nitrogen and oxygen atoms in total. The number of hydrogen-bond acceptors (Lipinski definition) is 6. The highest BCUT2D eigenvalue weighted by Crippen LogP contribution is 2.26. The number of sulfonamides is 1. The van der Waals surface area contributed by atoms with Crippen LogP contribution in [0.25, 0.3) is 0 Å². The minimum Gasteiger partial charge on any atom is -0.356 e. The van der Waals surface area contributed by atoms with Crippen molar-refractivity contribution in [2.45, 2.75) is 23.6 Å². The van der Waals surface area contributed by atoms with Crippen LogP contribution in [0.2, 0.25) is 0 Å². The van der Waals surface area contributed by atoms with Crippen molar-refractivity contribution in [2.24, 2.45) is 0 Å². The SMILES string of the molecule is O=C1N[C@H]2CCN(S(=O)(=O)c3ccc([N+](=O)[O-])cc3)[C@@H]1CO2. The summed E-state index contributed by atoms with van der Waals surface area (Å²) in [6.45, 7) is 0.149. The third-order valence-corrected chi connectivity index (χ3v) is 5.60. The van der Waals surface area contributed by atoms with Gasteiger partial charge < -0.3 is 10.1 Å². The molecule has 0 saturated carbocycles. The van der Waals surface area contributed by atoms with Crippen LogP contribution in [0.1, 0.15) is 6.42 Å². The van der Waals surface area contributed by atoms with Gasteiger partial charge in [-0.2, -0.15) is 4.31 Å². The molecule has 118 valence electrons. The number of nitrogens with one attached hydrogen (secondary N) is 1. The molecule has 22 heavy (non-hydrogen) atoms. The summed E-state index contributed by atoms with van der Waals surface area (Å²) in [5.41, 5.74) is -0.197. The van der Waals surface area contributed by atoms with E-state index in [1.807, 2.05) is 0 Å². The van der Waals surface area contributed by atoms with E-state index in [4.69, 9.17) is 4.74 Å². The number of fused-ring (bicyclic) bond motifs is 4. The maximum Gasteiger partial charge on any atom is 0.269 e. The number of benzene rings is 1. The minimum absolute atomic E-state index is 0.00269. The molecule has 4 rings (SSSR count). The lowest BCUT2D eigenvalue weighted by Gasteiger charge is -2.29. The van der Waals surface area contributed by atoms with Crippen molar-refractivity contribution in [1.82, 2.24) is 9.62 Å². The van der Waals surface area contributed by atoms with E-state index in [1.165, 1.54) is 12.1 Å². The zero-order chi connectivity index (χ0) is 15.9. The van der Waals surface area contributed by atoms with Crippen molar-refractivity contribution in [3.8, 4) is 0 Å². The molecule has 0 spiro atoms. The number of rotatable bonds is 3. The van der Waals surface area contributed by atoms with Gasteiger partial charge in [-0.25, -0.2) is 8.42 Å². The van der Waals surface area contributed by atoms with Crippen molar-refractivity contribution < 1.29 is 22.9 Å². The Bertz CT molecular complexity index is 717. The molecule has 0 aliphatic carbocycles. The second kappa shape index (κ2) is 5.30. The lowest BCUT2D eigenvalue weighted by Crippen LogP contribution is -2.54. The Balaban J connectivity index is 1.94. The molecule has 1 aromatic rings. The van der Waals surface area contributed by atoms with Gasteiger partial charge in [0.25, 0.3) is 5.69 Å². The number of non-ortho nitro benzene ring substituents is 1. The van der Waals surface area contributed by atoms with Gasteiger partial charge in [0, 0.05) is 25.1 Å². The Kier molecular flexibility index (Phi) is 3.59. The fourth-order valence-corrected chi connectivity index (χ4v) is 4.10. The van der Waals surface area contributed by atoms with Gasteiger partial charge in [-0.05, 0) is 12.1 Å². The predicted molar refractivity (Wildman–Crippen MR) is 73.3 cm³/mol. The van der Waals surface area contributed by atoms with Crippen LogP contribution in [-0.2, 0) is 19.6 Å². The molecule has 3 aliphatic heterocycles. The van der Waals surface area contributed by atoms with Gasteiger partial charge in [-0.15, -0.1) is 0 Å². The standard InChI is InChI=1S/C12H13N3O6S/c16-12-10-7-21-11(13-12)5-6-14(10)22(19,20)9-3-1-8(2-4-9)15(17)18/h1-4,10-11H,5-7H2,(H,13,16)/t10-,11-/m1/s1. The number of carbonyl (C=O) groups excluding carboxylic acids is 1. The first kappa shape index (κ1) is 14.9. The topological polar surface area (TPSA) is 119 Å². The number of nitrogens with zero attached hydrogens (tertiary/aromatic N) is 2. The van der Waals surface area contributed by atoms with E-state index in [-0.39, 0.29) is 29.6 Å². The first-order valence-electron chi connectivity index (χ1n) is 6.58. The Hall–Kier alpha value is -2.04. The predicted octanol–water partition coefficient (Wildman–Crippen LogP) is -0.170. The fraction of sp³-hybridized carbons (Fsp3) is 0.417. The lowest BCUT2D eigenvalue weighted by atomic mass is 10.3. The third kappa shape index (κ3) is 2.45. The number of hydrogen-bond donors (Lipinski definition) is 1. The van der Waals surface area contributed by atoms with Crippen LogP contribution in [0.3, 0.4) is 0 Å². The first-order chi connectivity index (χ1) is 10.4. The van der Waals surface area contributed by atoms with E-state index < -0.39 is 27.2 Å². The molecule has 0 radical (unpaired) electrons. The molecule has 2 bridgehead atoms. The molecule has 1 N–H and O–H groups in total. The Morgan fingerprint density at radius 2 is 2.00 bits per heavy atom. The molecule has 1 aromatic carbocycles. The van der Waals surface area contributed by atoms with Crippen LogP contribution in [0.15, 0.2) is 29.2 Å². The van der Waals surface area contributed by atoms with Gasteiger partial charge in [-0.3, -0.25) is 14.9 Å². The van der Waals surface area contributed by atoms with Gasteiger partial charge in [0.1, 0.15) is 12.3 Å². The van der Waals surface area contributed by atoms with E-state index in [0.29, 0.717) is 6.42 Å². The molecule has 3 aliphatic rings. The zero-order valence-electron chi connectivity index (χ0n) is 11.3. The summed E-state index contributed by atoms with van der Waals surface area (Å²) in [4.78, 5) is 21.9. The van der Waals surface area contributed by atoms with Gasteiger partial charge in [0.05, 0.1) is 16.4 Å². The molecule has 0 aromatic heterocycles. The van der Waals surface area contributed by atoms with E-state index in [2.05, 4.69) is 5.32 Å². The summed E-state index contributed by atoms with van der Waals surface area (Å²) >= 11 is 0. The molecule has 0 unspecified atom stereocenters. The first-order valence-corrected chi connectivity index (χ1v) is 8.02. The highest BCUT2D eigenvalue weighted by atomic mass is 32.2. The highest BCUT2D eigenvalue weighted by Gasteiger charge is 2.43. The number of amides is 1. The Labute approximate surface area is 126 Å². The summed E-state index contributed by atoms with van der Waals surface area (Å²) < 4.78 is 31.8. The summed E-state index contributed by atoms with van der Waals surface area (Å²) in [5, 5.41) is 13.2. The average molecular weight is 327 g/mol. The highest BCUT2D eigenvalue weighted by molar-refractivity contribution is 7.89. The van der Waals surface area contributed by atoms with Crippen LogP contribution in [0.4, 0.5) is 5.69 Å². The molecule has 3 fully saturated rings. The molecule has 10 heteroatoms. The Morgan fingerprint density at radius 1 is 1.32 bits per heavy atom. The molecular weight excluding hydrogens is 314 g/mol. The fourth-order valence-electron chi connectivity index (χ4n) is 2.51. The molecule has 3 saturated heterocycles. The van der Waals surface area contributed by atoms with E-state index in [1.54, 1.807) is 0 Å². The monoisotopic (exact) mass is 327 g/mol. The normalized spacial score (nSPS) is 25.5. The van der Waals surface area contributed by atoms with Crippen molar-refractivity contribution in [3.05, 3.63) is 34.4 Å². The number of nitro groups is 1. The summed E-state index contributed by atoms with van der Waals surface area (Å²) in [6, 6.07) is 3.67. The smallest absolute Gasteiger partial charge is 0.269 e. The van der Waals surface area contributed by atoms with Crippen LogP contribution in [-0.4, -0.2) is 49.0 Å². The summed E-state index contributed by atoms with van der Waals surface area (Å²) in [5.74, 6) is -0.390. The van der Waals surface area contributed by atoms with E-state index in [0.717, 1.165) is 16.4 Å². The Morgan fingerprint density at radius 3 is 2.59 bits per heavy atom. The lowest BCUT2D eigenvalue weighted by molar-refractivity contribution is -0.384. The van der Waals surface area contributed by atoms with Crippen molar-refractivity contribution >= 4 is 21.6 Å². The van der Waals surface area contributed by atoms with Gasteiger partial charge in [0.2, 0.25) is 15.9 Å². The third-order valence-electron chi connectivity index (χ3n) is 3.67. The van der Waals surface area contributed by atoms with Crippen LogP contribution >= 0.6 is 0 Å². The summed E-state index contributed by atoms with van der Waals surface area (Å²) in [7, 11) is -3.93. The summed E-state index contributed by atoms with van der Waals surface area (Å²) in [6.07, 6.45) is -0.116. The maximum atomic E-state index is 12.7. The molecule has 1 amide bonds. The quantitative estimate of drug-likeness (QED) is 0.608. The second-order valence-corrected chi connectivity index (χ2v) is 6.89. The molecule has 3 heterocycles. The van der Waals surface area contributed by atoms with E-state index >= 15 is 0 Å². The number of carbonyl (C=O) groups is 1. The number of nitro benzene ring substituents is 1. The second-order valence-electron chi connectivity index (χ2n) is 5.00. The molecular formula is C12H13N3O6S. The average Bonchev–Trinajstić information content (AvgIpc) is 2.79. The largest absolute Gasteiger partial charge is 0.356 e. The van der Waals surface area contributed by atoms with Crippen LogP contribution in [0.5, 0.6) is 0 Å². The maximum absolute atomic E-state index is 12.7. The van der Waals surface area contributed by atoms with Crippen molar-refractivity contribution in [2.75, 3.05) is 13.2 Å². The van der Waals surface area contributed by atoms with Crippen LogP contribution in [0, 0.1) is 10.1 Å². The van der Waals surface area contributed by atoms with Crippen molar-refractivity contribution in [1.29, 1.82) is 0 Å². The minimum atomic E-state index is -3.93. The zero-order valence-corrected chi connectivity index (χ0v) is 12.2. The van der Waals surface area contributed by atoms with E-state index in [9.17, 15) is 23.3 Å². The van der Waals surface area contributed by atoms with Gasteiger partial charge >= 0.3 is 0 Å². The number of ether oxygens (including phenoxy) is 1. The molecule has 2 atom stereocenters.